The van der Waals surface area contributed by atoms with E-state index in [1.807, 2.05) is 6.07 Å². The van der Waals surface area contributed by atoms with Crippen LogP contribution in [-0.2, 0) is 6.54 Å². The third-order valence-corrected chi connectivity index (χ3v) is 4.30. The molecule has 1 aliphatic heterocycles. The minimum absolute atomic E-state index is 0.113. The zero-order valence-electron chi connectivity index (χ0n) is 14.0. The van der Waals surface area contributed by atoms with Gasteiger partial charge < -0.3 is 10.2 Å². The van der Waals surface area contributed by atoms with Crippen molar-refractivity contribution in [3.63, 3.8) is 0 Å². The van der Waals surface area contributed by atoms with Gasteiger partial charge >= 0.3 is 0 Å². The number of hydrogen-bond acceptors (Lipinski definition) is 2. The lowest BCUT2D eigenvalue weighted by Crippen LogP contribution is -2.40. The van der Waals surface area contributed by atoms with Gasteiger partial charge in [-0.05, 0) is 62.8 Å². The number of rotatable bonds is 3. The second kappa shape index (κ2) is 6.58. The zero-order chi connectivity index (χ0) is 15.6. The highest BCUT2D eigenvalue weighted by Crippen LogP contribution is 2.30. The lowest BCUT2D eigenvalue weighted by Gasteiger charge is -2.38. The number of nitrogens with one attached hydrogen (secondary N) is 1. The molecule has 0 bridgehead atoms. The van der Waals surface area contributed by atoms with Crippen LogP contribution in [0, 0.1) is 11.8 Å². The summed E-state index contributed by atoms with van der Waals surface area (Å²) in [4.78, 5) is 2.54. The molecule has 1 fully saturated rings. The lowest BCUT2D eigenvalue weighted by atomic mass is 9.91. The first-order valence-corrected chi connectivity index (χ1v) is 8.41. The second-order valence-corrected chi connectivity index (χ2v) is 8.16. The van der Waals surface area contributed by atoms with Crippen molar-refractivity contribution in [2.45, 2.75) is 53.1 Å². The monoisotopic (exact) mass is 308 g/mol. The molecular weight excluding hydrogens is 280 g/mol. The summed E-state index contributed by atoms with van der Waals surface area (Å²) >= 11 is 6.22. The Morgan fingerprint density at radius 1 is 1.19 bits per heavy atom. The maximum Gasteiger partial charge on any atom is 0.0413 e. The maximum absolute atomic E-state index is 6.22. The molecule has 0 saturated carbocycles. The molecule has 1 saturated heterocycles. The van der Waals surface area contributed by atoms with Gasteiger partial charge in [-0.25, -0.2) is 0 Å². The van der Waals surface area contributed by atoms with Gasteiger partial charge in [-0.2, -0.15) is 0 Å². The van der Waals surface area contributed by atoms with Crippen LogP contribution in [0.25, 0.3) is 0 Å². The van der Waals surface area contributed by atoms with E-state index in [2.05, 4.69) is 57.0 Å². The Morgan fingerprint density at radius 3 is 2.38 bits per heavy atom. The highest BCUT2D eigenvalue weighted by atomic mass is 35.5. The second-order valence-electron chi connectivity index (χ2n) is 7.73. The Bertz CT molecular complexity index is 469. The smallest absolute Gasteiger partial charge is 0.0413 e. The fourth-order valence-corrected chi connectivity index (χ4v) is 3.42. The Morgan fingerprint density at radius 2 is 1.81 bits per heavy atom. The molecule has 118 valence electrons. The SMILES string of the molecule is CC1CC(C)CN(c2ccc(Cl)cc2CNC(C)(C)C)C1. The molecule has 2 nitrogen and oxygen atoms in total. The van der Waals surface area contributed by atoms with E-state index in [0.717, 1.165) is 36.5 Å². The van der Waals surface area contributed by atoms with Crippen molar-refractivity contribution >= 4 is 17.3 Å². The number of anilines is 1. The summed E-state index contributed by atoms with van der Waals surface area (Å²) in [7, 11) is 0. The first-order valence-electron chi connectivity index (χ1n) is 8.03. The van der Waals surface area contributed by atoms with E-state index in [1.54, 1.807) is 0 Å². The van der Waals surface area contributed by atoms with Gasteiger partial charge in [0.2, 0.25) is 0 Å². The first-order chi connectivity index (χ1) is 9.74. The van der Waals surface area contributed by atoms with Crippen LogP contribution in [0.3, 0.4) is 0 Å². The summed E-state index contributed by atoms with van der Waals surface area (Å²) < 4.78 is 0. The van der Waals surface area contributed by atoms with Crippen LogP contribution in [0.5, 0.6) is 0 Å². The van der Waals surface area contributed by atoms with Crippen LogP contribution in [0.1, 0.15) is 46.6 Å². The van der Waals surface area contributed by atoms with Gasteiger partial charge in [0.15, 0.2) is 0 Å². The fourth-order valence-electron chi connectivity index (χ4n) is 3.22. The summed E-state index contributed by atoms with van der Waals surface area (Å²) in [6, 6.07) is 6.31. The Balaban J connectivity index is 2.21. The molecule has 0 amide bonds. The van der Waals surface area contributed by atoms with Crippen molar-refractivity contribution in [3.8, 4) is 0 Å². The number of benzene rings is 1. The van der Waals surface area contributed by atoms with E-state index in [1.165, 1.54) is 17.7 Å². The van der Waals surface area contributed by atoms with E-state index < -0.39 is 0 Å². The molecule has 0 radical (unpaired) electrons. The van der Waals surface area contributed by atoms with Gasteiger partial charge in [-0.3, -0.25) is 0 Å². The van der Waals surface area contributed by atoms with E-state index in [0.29, 0.717) is 0 Å². The predicted molar refractivity (Wildman–Crippen MR) is 93.2 cm³/mol. The van der Waals surface area contributed by atoms with E-state index in [-0.39, 0.29) is 5.54 Å². The third-order valence-electron chi connectivity index (χ3n) is 4.06. The quantitative estimate of drug-likeness (QED) is 0.870. The van der Waals surface area contributed by atoms with Crippen molar-refractivity contribution in [3.05, 3.63) is 28.8 Å². The minimum Gasteiger partial charge on any atom is -0.371 e. The molecule has 21 heavy (non-hydrogen) atoms. The molecule has 0 aliphatic carbocycles. The Hall–Kier alpha value is -0.730. The van der Waals surface area contributed by atoms with Gasteiger partial charge in [0, 0.05) is 35.9 Å². The largest absolute Gasteiger partial charge is 0.371 e. The van der Waals surface area contributed by atoms with Crippen molar-refractivity contribution in [2.75, 3.05) is 18.0 Å². The molecular formula is C18H29ClN2. The van der Waals surface area contributed by atoms with Crippen LogP contribution in [0.2, 0.25) is 5.02 Å². The summed E-state index contributed by atoms with van der Waals surface area (Å²) in [6.45, 7) is 14.5. The molecule has 0 spiro atoms. The number of hydrogen-bond donors (Lipinski definition) is 1. The standard InChI is InChI=1S/C18H29ClN2/c1-13-8-14(2)12-21(11-13)17-7-6-16(19)9-15(17)10-20-18(3,4)5/h6-7,9,13-14,20H,8,10-12H2,1-5H3. The maximum atomic E-state index is 6.22. The Kier molecular flexibility index (Phi) is 5.21. The van der Waals surface area contributed by atoms with Gasteiger partial charge in [-0.15, -0.1) is 0 Å². The molecule has 2 rings (SSSR count). The van der Waals surface area contributed by atoms with Crippen molar-refractivity contribution in [1.29, 1.82) is 0 Å². The highest BCUT2D eigenvalue weighted by molar-refractivity contribution is 6.30. The molecule has 1 aromatic carbocycles. The molecule has 1 heterocycles. The number of halogens is 1. The van der Waals surface area contributed by atoms with Gasteiger partial charge in [0.05, 0.1) is 0 Å². The Labute approximate surface area is 134 Å². The summed E-state index contributed by atoms with van der Waals surface area (Å²) in [5.41, 5.74) is 2.76. The molecule has 3 heteroatoms. The van der Waals surface area contributed by atoms with Crippen LogP contribution in [-0.4, -0.2) is 18.6 Å². The topological polar surface area (TPSA) is 15.3 Å². The summed E-state index contributed by atoms with van der Waals surface area (Å²) in [6.07, 6.45) is 1.33. The fraction of sp³-hybridized carbons (Fsp3) is 0.667. The molecule has 0 aromatic heterocycles. The van der Waals surface area contributed by atoms with Crippen molar-refractivity contribution < 1.29 is 0 Å². The normalized spacial score (nSPS) is 23.4. The molecule has 1 aromatic rings. The molecule has 1 aliphatic rings. The van der Waals surface area contributed by atoms with Gasteiger partial charge in [0.1, 0.15) is 0 Å². The van der Waals surface area contributed by atoms with E-state index >= 15 is 0 Å². The summed E-state index contributed by atoms with van der Waals surface area (Å²) in [5, 5.41) is 4.40. The molecule has 2 unspecified atom stereocenters. The predicted octanol–water partition coefficient (Wildman–Crippen LogP) is 4.71. The van der Waals surface area contributed by atoms with E-state index in [4.69, 9.17) is 11.6 Å². The van der Waals surface area contributed by atoms with E-state index in [9.17, 15) is 0 Å². The third kappa shape index (κ3) is 4.89. The van der Waals surface area contributed by atoms with Crippen LogP contribution in [0.4, 0.5) is 5.69 Å². The average Bonchev–Trinajstić information content (AvgIpc) is 2.34. The van der Waals surface area contributed by atoms with Crippen molar-refractivity contribution in [2.24, 2.45) is 11.8 Å². The zero-order valence-corrected chi connectivity index (χ0v) is 14.8. The lowest BCUT2D eigenvalue weighted by molar-refractivity contribution is 0.355. The summed E-state index contributed by atoms with van der Waals surface area (Å²) in [5.74, 6) is 1.51. The molecule has 1 N–H and O–H groups in total. The van der Waals surface area contributed by atoms with Crippen LogP contribution >= 0.6 is 11.6 Å². The van der Waals surface area contributed by atoms with Crippen LogP contribution in [0.15, 0.2) is 18.2 Å². The molecule has 2 atom stereocenters. The van der Waals surface area contributed by atoms with Crippen molar-refractivity contribution in [1.82, 2.24) is 5.32 Å². The first kappa shape index (κ1) is 16.6. The minimum atomic E-state index is 0.113. The average molecular weight is 309 g/mol. The van der Waals surface area contributed by atoms with Gasteiger partial charge in [0.25, 0.3) is 0 Å². The van der Waals surface area contributed by atoms with Gasteiger partial charge in [-0.1, -0.05) is 25.4 Å². The number of nitrogens with zero attached hydrogens (tertiary/aromatic N) is 1. The number of piperidine rings is 1. The van der Waals surface area contributed by atoms with Crippen LogP contribution < -0.4 is 10.2 Å². The highest BCUT2D eigenvalue weighted by Gasteiger charge is 2.23.